The van der Waals surface area contributed by atoms with Crippen LogP contribution in [0.1, 0.15) is 55.7 Å². The highest BCUT2D eigenvalue weighted by molar-refractivity contribution is 5.84. The van der Waals surface area contributed by atoms with Crippen LogP contribution in [0.5, 0.6) is 0 Å². The molecule has 1 aromatic carbocycles. The molecule has 0 spiro atoms. The molecule has 1 atom stereocenters. The van der Waals surface area contributed by atoms with Crippen molar-refractivity contribution in [1.29, 1.82) is 0 Å². The maximum atomic E-state index is 13.3. The quantitative estimate of drug-likeness (QED) is 0.902. The number of carbonyl (C=O) groups is 1. The van der Waals surface area contributed by atoms with Gasteiger partial charge in [0.1, 0.15) is 11.6 Å². The zero-order valence-electron chi connectivity index (χ0n) is 16.3. The van der Waals surface area contributed by atoms with E-state index < -0.39 is 0 Å². The van der Waals surface area contributed by atoms with E-state index in [1.54, 1.807) is 0 Å². The molecule has 0 saturated carbocycles. The Kier molecular flexibility index (Phi) is 5.25. The Bertz CT molecular complexity index is 777. The summed E-state index contributed by atoms with van der Waals surface area (Å²) in [4.78, 5) is 15.3. The molecule has 0 radical (unpaired) electrons. The van der Waals surface area contributed by atoms with E-state index in [9.17, 15) is 4.79 Å². The van der Waals surface area contributed by atoms with Crippen LogP contribution in [0.4, 0.5) is 0 Å². The van der Waals surface area contributed by atoms with Gasteiger partial charge in [-0.3, -0.25) is 4.79 Å². The molecule has 3 heterocycles. The van der Waals surface area contributed by atoms with Crippen LogP contribution in [0.2, 0.25) is 0 Å². The maximum Gasteiger partial charge on any atom is 0.230 e. The van der Waals surface area contributed by atoms with Gasteiger partial charge in [0, 0.05) is 32.1 Å². The summed E-state index contributed by atoms with van der Waals surface area (Å²) in [5.41, 5.74) is 1.12. The van der Waals surface area contributed by atoms with E-state index >= 15 is 0 Å². The number of fused-ring (bicyclic) bond motifs is 1. The van der Waals surface area contributed by atoms with Gasteiger partial charge in [-0.2, -0.15) is 0 Å². The van der Waals surface area contributed by atoms with E-state index in [1.807, 2.05) is 18.2 Å². The number of nitrogens with zero attached hydrogens (tertiary/aromatic N) is 4. The van der Waals surface area contributed by atoms with Crippen molar-refractivity contribution in [2.75, 3.05) is 19.6 Å². The second-order valence-electron chi connectivity index (χ2n) is 8.03. The summed E-state index contributed by atoms with van der Waals surface area (Å²) in [6, 6.07) is 10.2. The highest BCUT2D eigenvalue weighted by atomic mass is 16.2. The van der Waals surface area contributed by atoms with Gasteiger partial charge in [0.25, 0.3) is 0 Å². The minimum atomic E-state index is -0.0605. The van der Waals surface area contributed by atoms with E-state index in [1.165, 1.54) is 0 Å². The normalized spacial score (nSPS) is 19.1. The van der Waals surface area contributed by atoms with Gasteiger partial charge in [0.15, 0.2) is 0 Å². The fourth-order valence-electron chi connectivity index (χ4n) is 4.44. The van der Waals surface area contributed by atoms with Crippen molar-refractivity contribution >= 4 is 5.91 Å². The number of likely N-dealkylation sites (tertiary alicyclic amines) is 1. The van der Waals surface area contributed by atoms with Gasteiger partial charge in [-0.25, -0.2) is 0 Å². The average Bonchev–Trinajstić information content (AvgIpc) is 3.13. The third-order valence-corrected chi connectivity index (χ3v) is 5.91. The zero-order valence-corrected chi connectivity index (χ0v) is 16.3. The topological polar surface area (TPSA) is 63.1 Å². The summed E-state index contributed by atoms with van der Waals surface area (Å²) >= 11 is 0. The Morgan fingerprint density at radius 1 is 1.11 bits per heavy atom. The first kappa shape index (κ1) is 18.2. The summed E-state index contributed by atoms with van der Waals surface area (Å²) < 4.78 is 2.28. The highest BCUT2D eigenvalue weighted by Gasteiger charge is 2.33. The number of nitrogens with one attached hydrogen (secondary N) is 1. The molecular formula is C21H29N5O. The first-order chi connectivity index (χ1) is 13.1. The Morgan fingerprint density at radius 3 is 2.56 bits per heavy atom. The van der Waals surface area contributed by atoms with E-state index in [4.69, 9.17) is 0 Å². The first-order valence-corrected chi connectivity index (χ1v) is 10.1. The maximum absolute atomic E-state index is 13.3. The molecule has 1 aromatic heterocycles. The largest absolute Gasteiger partial charge is 0.342 e. The predicted molar refractivity (Wildman–Crippen MR) is 104 cm³/mol. The molecule has 1 unspecified atom stereocenters. The molecule has 1 N–H and O–H groups in total. The van der Waals surface area contributed by atoms with Gasteiger partial charge in [0.05, 0.1) is 12.5 Å². The van der Waals surface area contributed by atoms with E-state index in [0.29, 0.717) is 5.92 Å². The number of amides is 1. The van der Waals surface area contributed by atoms with Crippen molar-refractivity contribution in [3.63, 3.8) is 0 Å². The Morgan fingerprint density at radius 2 is 1.85 bits per heavy atom. The minimum absolute atomic E-state index is 0.0605. The second kappa shape index (κ2) is 7.80. The SMILES string of the molecule is CC(C)C(C(=O)N1CCC(c2nnc3n2CCNC3)CC1)c1ccccc1. The third kappa shape index (κ3) is 3.63. The van der Waals surface area contributed by atoms with Crippen LogP contribution < -0.4 is 5.32 Å². The van der Waals surface area contributed by atoms with Gasteiger partial charge in [-0.1, -0.05) is 44.2 Å². The third-order valence-electron chi connectivity index (χ3n) is 5.91. The molecule has 144 valence electrons. The molecule has 2 aliphatic heterocycles. The van der Waals surface area contributed by atoms with Crippen molar-refractivity contribution in [2.45, 2.75) is 51.6 Å². The lowest BCUT2D eigenvalue weighted by Gasteiger charge is -2.35. The van der Waals surface area contributed by atoms with Crippen molar-refractivity contribution < 1.29 is 4.79 Å². The summed E-state index contributed by atoms with van der Waals surface area (Å²) in [6.45, 7) is 8.61. The molecule has 2 aromatic rings. The van der Waals surface area contributed by atoms with Gasteiger partial charge < -0.3 is 14.8 Å². The first-order valence-electron chi connectivity index (χ1n) is 10.1. The van der Waals surface area contributed by atoms with Crippen molar-refractivity contribution in [3.8, 4) is 0 Å². The Hall–Kier alpha value is -2.21. The van der Waals surface area contributed by atoms with Crippen LogP contribution >= 0.6 is 0 Å². The van der Waals surface area contributed by atoms with E-state index in [0.717, 1.165) is 62.8 Å². The molecule has 4 rings (SSSR count). The van der Waals surface area contributed by atoms with Crippen LogP contribution in [0.15, 0.2) is 30.3 Å². The number of piperidine rings is 1. The van der Waals surface area contributed by atoms with Gasteiger partial charge in [-0.15, -0.1) is 10.2 Å². The summed E-state index contributed by atoms with van der Waals surface area (Å²) in [6.07, 6.45) is 1.94. The van der Waals surface area contributed by atoms with E-state index in [-0.39, 0.29) is 17.7 Å². The van der Waals surface area contributed by atoms with Crippen LogP contribution in [-0.2, 0) is 17.9 Å². The highest BCUT2D eigenvalue weighted by Crippen LogP contribution is 2.32. The number of hydrogen-bond acceptors (Lipinski definition) is 4. The lowest BCUT2D eigenvalue weighted by Crippen LogP contribution is -2.42. The summed E-state index contributed by atoms with van der Waals surface area (Å²) in [7, 11) is 0. The summed E-state index contributed by atoms with van der Waals surface area (Å²) in [5.74, 6) is 3.05. The monoisotopic (exact) mass is 367 g/mol. The van der Waals surface area contributed by atoms with E-state index in [2.05, 4.69) is 51.0 Å². The van der Waals surface area contributed by atoms with Crippen LogP contribution in [0.25, 0.3) is 0 Å². The van der Waals surface area contributed by atoms with Gasteiger partial charge in [0.2, 0.25) is 5.91 Å². The smallest absolute Gasteiger partial charge is 0.230 e. The lowest BCUT2D eigenvalue weighted by atomic mass is 9.86. The number of hydrogen-bond donors (Lipinski definition) is 1. The number of benzene rings is 1. The van der Waals surface area contributed by atoms with Crippen molar-refractivity contribution in [3.05, 3.63) is 47.5 Å². The second-order valence-corrected chi connectivity index (χ2v) is 8.03. The van der Waals surface area contributed by atoms with Crippen LogP contribution in [-0.4, -0.2) is 45.2 Å². The fraction of sp³-hybridized carbons (Fsp3) is 0.571. The minimum Gasteiger partial charge on any atom is -0.342 e. The fourth-order valence-corrected chi connectivity index (χ4v) is 4.44. The molecule has 1 fully saturated rings. The average molecular weight is 367 g/mol. The van der Waals surface area contributed by atoms with Crippen molar-refractivity contribution in [2.24, 2.45) is 5.92 Å². The molecule has 1 saturated heterocycles. The predicted octanol–water partition coefficient (Wildman–Crippen LogP) is 2.53. The molecule has 1 amide bonds. The van der Waals surface area contributed by atoms with Crippen molar-refractivity contribution in [1.82, 2.24) is 25.0 Å². The van der Waals surface area contributed by atoms with Crippen LogP contribution in [0.3, 0.4) is 0 Å². The lowest BCUT2D eigenvalue weighted by molar-refractivity contribution is -0.135. The number of carbonyl (C=O) groups excluding carboxylic acids is 1. The molecule has 0 aliphatic carbocycles. The Labute approximate surface area is 161 Å². The van der Waals surface area contributed by atoms with Gasteiger partial charge in [-0.05, 0) is 24.3 Å². The number of rotatable bonds is 4. The molecule has 2 aliphatic rings. The molecular weight excluding hydrogens is 338 g/mol. The zero-order chi connectivity index (χ0) is 18.8. The molecule has 0 bridgehead atoms. The summed E-state index contributed by atoms with van der Waals surface area (Å²) in [5, 5.41) is 12.2. The molecule has 6 heteroatoms. The molecule has 6 nitrogen and oxygen atoms in total. The standard InChI is InChI=1S/C21H29N5O/c1-15(2)19(16-6-4-3-5-7-16)21(27)25-11-8-17(9-12-25)20-24-23-18-14-22-10-13-26(18)20/h3-7,15,17,19,22H,8-14H2,1-2H3. The Balaban J connectivity index is 1.44. The van der Waals surface area contributed by atoms with Crippen LogP contribution in [0, 0.1) is 5.92 Å². The van der Waals surface area contributed by atoms with Gasteiger partial charge >= 0.3 is 0 Å². The molecule has 27 heavy (non-hydrogen) atoms. The number of aromatic nitrogens is 3.